The summed E-state index contributed by atoms with van der Waals surface area (Å²) in [6.07, 6.45) is 1.92. The smallest absolute Gasteiger partial charge is 0.287 e. The molecule has 1 fully saturated rings. The van der Waals surface area contributed by atoms with Gasteiger partial charge >= 0.3 is 0 Å². The van der Waals surface area contributed by atoms with E-state index in [0.717, 1.165) is 17.6 Å². The lowest BCUT2D eigenvalue weighted by Crippen LogP contribution is -2.35. The summed E-state index contributed by atoms with van der Waals surface area (Å²) in [4.78, 5) is 26.7. The Morgan fingerprint density at radius 2 is 1.94 bits per heavy atom. The summed E-state index contributed by atoms with van der Waals surface area (Å²) in [6, 6.07) is 4.67. The number of aryl methyl sites for hydroxylation is 1. The minimum Gasteiger partial charge on any atom is -0.324 e. The third-order valence-electron chi connectivity index (χ3n) is 5.00. The van der Waals surface area contributed by atoms with Gasteiger partial charge in [0.1, 0.15) is 11.6 Å². The second-order valence-electron chi connectivity index (χ2n) is 7.36. The molecule has 12 heteroatoms. The number of carbonyl (C=O) groups is 1. The largest absolute Gasteiger partial charge is 0.324 e. The predicted molar refractivity (Wildman–Crippen MR) is 119 cm³/mol. The number of sulfonamides is 1. The number of amides is 1. The zero-order valence-corrected chi connectivity index (χ0v) is 19.5. The quantitative estimate of drug-likeness (QED) is 0.689. The molecule has 1 aliphatic rings. The van der Waals surface area contributed by atoms with Crippen molar-refractivity contribution in [1.82, 2.24) is 19.0 Å². The Labute approximate surface area is 190 Å². The first-order valence-electron chi connectivity index (χ1n) is 9.60. The second-order valence-corrected chi connectivity index (χ2v) is 10.1. The monoisotopic (exact) mass is 487 g/mol. The first-order valence-corrected chi connectivity index (χ1v) is 11.8. The van der Waals surface area contributed by atoms with E-state index in [1.807, 2.05) is 7.05 Å². The van der Waals surface area contributed by atoms with Crippen molar-refractivity contribution in [1.29, 1.82) is 0 Å². The van der Waals surface area contributed by atoms with Gasteiger partial charge in [0.05, 0.1) is 16.1 Å². The molecular formula is C19H23Cl2N5O4S. The fourth-order valence-electron chi connectivity index (χ4n) is 3.25. The van der Waals surface area contributed by atoms with E-state index in [1.54, 1.807) is 19.1 Å². The molecule has 1 amide bonds. The van der Waals surface area contributed by atoms with Crippen LogP contribution in [0.2, 0.25) is 10.0 Å². The lowest BCUT2D eigenvalue weighted by molar-refractivity contribution is -0.117. The Bertz CT molecular complexity index is 1150. The zero-order chi connectivity index (χ0) is 22.8. The van der Waals surface area contributed by atoms with Gasteiger partial charge in [0.25, 0.3) is 5.56 Å². The number of benzene rings is 1. The van der Waals surface area contributed by atoms with Crippen molar-refractivity contribution in [3.05, 3.63) is 50.4 Å². The van der Waals surface area contributed by atoms with Crippen molar-refractivity contribution in [2.45, 2.75) is 24.8 Å². The minimum absolute atomic E-state index is 0.00332. The average molecular weight is 488 g/mol. The van der Waals surface area contributed by atoms with Crippen molar-refractivity contribution in [2.75, 3.05) is 38.5 Å². The summed E-state index contributed by atoms with van der Waals surface area (Å²) in [5, 5.41) is 6.17. The fourth-order valence-corrected chi connectivity index (χ4v) is 5.24. The Morgan fingerprint density at radius 1 is 1.19 bits per heavy atom. The maximum atomic E-state index is 13.2. The number of halogens is 2. The fraction of sp³-hybridized carbons (Fsp3) is 0.421. The average Bonchev–Trinajstić information content (AvgIpc) is 2.95. The van der Waals surface area contributed by atoms with Crippen LogP contribution < -0.4 is 10.9 Å². The van der Waals surface area contributed by atoms with Crippen LogP contribution in [0.3, 0.4) is 0 Å². The molecule has 1 aliphatic heterocycles. The molecule has 0 saturated carbocycles. The highest BCUT2D eigenvalue weighted by Crippen LogP contribution is 2.24. The summed E-state index contributed by atoms with van der Waals surface area (Å²) < 4.78 is 28.8. The van der Waals surface area contributed by atoms with Crippen LogP contribution in [0.4, 0.5) is 5.69 Å². The van der Waals surface area contributed by atoms with Crippen molar-refractivity contribution < 1.29 is 13.2 Å². The number of anilines is 1. The number of aromatic nitrogens is 2. The van der Waals surface area contributed by atoms with Gasteiger partial charge < -0.3 is 10.2 Å². The predicted octanol–water partition coefficient (Wildman–Crippen LogP) is 1.82. The van der Waals surface area contributed by atoms with Gasteiger partial charge in [-0.05, 0) is 44.6 Å². The van der Waals surface area contributed by atoms with Crippen LogP contribution in [0.1, 0.15) is 12.0 Å². The number of nitrogens with zero attached hydrogens (tertiary/aromatic N) is 4. The van der Waals surface area contributed by atoms with Crippen LogP contribution in [0.15, 0.2) is 34.1 Å². The highest BCUT2D eigenvalue weighted by Gasteiger charge is 2.28. The van der Waals surface area contributed by atoms with E-state index in [-0.39, 0.29) is 14.9 Å². The summed E-state index contributed by atoms with van der Waals surface area (Å²) in [6.45, 7) is 3.64. The molecule has 1 aromatic carbocycles. The Morgan fingerprint density at radius 3 is 2.68 bits per heavy atom. The van der Waals surface area contributed by atoms with Gasteiger partial charge in [-0.3, -0.25) is 9.59 Å². The van der Waals surface area contributed by atoms with Crippen LogP contribution in [0.5, 0.6) is 0 Å². The molecule has 0 spiro atoms. The lowest BCUT2D eigenvalue weighted by atomic mass is 10.2. The normalized spacial score (nSPS) is 16.1. The van der Waals surface area contributed by atoms with Crippen molar-refractivity contribution in [3.8, 4) is 0 Å². The summed E-state index contributed by atoms with van der Waals surface area (Å²) in [5.74, 6) is -0.559. The molecule has 2 heterocycles. The van der Waals surface area contributed by atoms with E-state index in [2.05, 4.69) is 15.3 Å². The number of likely N-dealkylation sites (N-methyl/N-ethyl adjacent to an activating group) is 1. The maximum absolute atomic E-state index is 13.2. The van der Waals surface area contributed by atoms with Crippen molar-refractivity contribution >= 4 is 44.8 Å². The Balaban J connectivity index is 1.80. The molecular weight excluding hydrogens is 465 g/mol. The molecule has 3 rings (SSSR count). The molecule has 0 aliphatic carbocycles. The summed E-state index contributed by atoms with van der Waals surface area (Å²) in [5.41, 5.74) is 0.190. The molecule has 2 aromatic rings. The van der Waals surface area contributed by atoms with E-state index >= 15 is 0 Å². The highest BCUT2D eigenvalue weighted by atomic mass is 35.5. The SMILES string of the molecule is Cc1ccc(NC(=O)Cn2ncc(Cl)c(Cl)c2=O)cc1S(=O)(=O)N1CCCN(C)CC1. The topological polar surface area (TPSA) is 105 Å². The van der Waals surface area contributed by atoms with Gasteiger partial charge in [0.15, 0.2) is 0 Å². The van der Waals surface area contributed by atoms with Crippen LogP contribution in [-0.2, 0) is 21.4 Å². The zero-order valence-electron chi connectivity index (χ0n) is 17.1. The van der Waals surface area contributed by atoms with Gasteiger partial charge in [-0.25, -0.2) is 13.1 Å². The van der Waals surface area contributed by atoms with Crippen LogP contribution in [-0.4, -0.2) is 66.5 Å². The molecule has 31 heavy (non-hydrogen) atoms. The second kappa shape index (κ2) is 9.66. The van der Waals surface area contributed by atoms with Crippen LogP contribution in [0.25, 0.3) is 0 Å². The van der Waals surface area contributed by atoms with E-state index < -0.39 is 28.0 Å². The van der Waals surface area contributed by atoms with Crippen LogP contribution in [0, 0.1) is 6.92 Å². The van der Waals surface area contributed by atoms with E-state index in [1.165, 1.54) is 16.6 Å². The maximum Gasteiger partial charge on any atom is 0.287 e. The van der Waals surface area contributed by atoms with Crippen molar-refractivity contribution in [3.63, 3.8) is 0 Å². The molecule has 1 aromatic heterocycles. The van der Waals surface area contributed by atoms with Gasteiger partial charge in [0, 0.05) is 25.3 Å². The molecule has 0 radical (unpaired) electrons. The van der Waals surface area contributed by atoms with Gasteiger partial charge in [-0.1, -0.05) is 29.3 Å². The highest BCUT2D eigenvalue weighted by molar-refractivity contribution is 7.89. The lowest BCUT2D eigenvalue weighted by Gasteiger charge is -2.22. The molecule has 1 N–H and O–H groups in total. The van der Waals surface area contributed by atoms with Crippen LogP contribution >= 0.6 is 23.2 Å². The number of nitrogens with one attached hydrogen (secondary N) is 1. The number of rotatable bonds is 5. The molecule has 0 atom stereocenters. The summed E-state index contributed by atoms with van der Waals surface area (Å²) in [7, 11) is -1.75. The first kappa shape index (κ1) is 23.7. The Kier molecular flexibility index (Phi) is 7.38. The van der Waals surface area contributed by atoms with E-state index in [9.17, 15) is 18.0 Å². The van der Waals surface area contributed by atoms with Gasteiger partial charge in [-0.15, -0.1) is 0 Å². The third kappa shape index (κ3) is 5.45. The Hall–Kier alpha value is -1.98. The number of hydrogen-bond donors (Lipinski definition) is 1. The molecule has 0 unspecified atom stereocenters. The first-order chi connectivity index (χ1) is 14.6. The molecule has 1 saturated heterocycles. The van der Waals surface area contributed by atoms with Gasteiger partial charge in [-0.2, -0.15) is 9.40 Å². The van der Waals surface area contributed by atoms with E-state index in [0.29, 0.717) is 30.9 Å². The standard InChI is InChI=1S/C19H23Cl2N5O4S/c1-13-4-5-14(23-17(27)12-26-19(28)18(21)15(20)11-22-26)10-16(13)31(29,30)25-7-3-6-24(2)8-9-25/h4-5,10-11H,3,6-9,12H2,1-2H3,(H,23,27). The summed E-state index contributed by atoms with van der Waals surface area (Å²) >= 11 is 11.5. The molecule has 9 nitrogen and oxygen atoms in total. The molecule has 0 bridgehead atoms. The van der Waals surface area contributed by atoms with E-state index in [4.69, 9.17) is 23.2 Å². The van der Waals surface area contributed by atoms with Crippen molar-refractivity contribution in [2.24, 2.45) is 0 Å². The number of hydrogen-bond acceptors (Lipinski definition) is 6. The molecule has 168 valence electrons. The third-order valence-corrected chi connectivity index (χ3v) is 7.79. The number of carbonyl (C=O) groups excluding carboxylic acids is 1. The van der Waals surface area contributed by atoms with Gasteiger partial charge in [0.2, 0.25) is 15.9 Å². The minimum atomic E-state index is -3.72.